The van der Waals surface area contributed by atoms with Crippen molar-refractivity contribution in [2.24, 2.45) is 5.73 Å². The van der Waals surface area contributed by atoms with Gasteiger partial charge in [0, 0.05) is 9.92 Å². The molecule has 2 N–H and O–H groups in total. The van der Waals surface area contributed by atoms with E-state index in [1.54, 1.807) is 18.1 Å². The fourth-order valence-corrected chi connectivity index (χ4v) is 3.06. The molecule has 0 radical (unpaired) electrons. The molecule has 2 rings (SSSR count). The smallest absolute Gasteiger partial charge is 0.174 e. The van der Waals surface area contributed by atoms with Gasteiger partial charge in [-0.25, -0.2) is 4.98 Å². The fourth-order valence-electron chi connectivity index (χ4n) is 1.26. The maximum Gasteiger partial charge on any atom is 0.174 e. The van der Waals surface area contributed by atoms with Crippen molar-refractivity contribution >= 4 is 34.9 Å². The van der Waals surface area contributed by atoms with Crippen molar-refractivity contribution in [2.45, 2.75) is 15.7 Å². The highest BCUT2D eigenvalue weighted by atomic mass is 35.5. The minimum atomic E-state index is 0.614. The van der Waals surface area contributed by atoms with Crippen LogP contribution in [0.4, 0.5) is 0 Å². The lowest BCUT2D eigenvalue weighted by Crippen LogP contribution is -2.02. The summed E-state index contributed by atoms with van der Waals surface area (Å²) in [6.07, 6.45) is 2.36. The third-order valence-electron chi connectivity index (χ3n) is 1.98. The summed E-state index contributed by atoms with van der Waals surface area (Å²) in [5.41, 5.74) is 6.59. The van der Waals surface area contributed by atoms with Crippen molar-refractivity contribution in [1.29, 1.82) is 0 Å². The summed E-state index contributed by atoms with van der Waals surface area (Å²) in [6.45, 7) is 0.614. The first-order valence-corrected chi connectivity index (χ1v) is 6.69. The zero-order valence-electron chi connectivity index (χ0n) is 8.39. The molecule has 2 aromatic rings. The molecule has 1 aromatic heterocycles. The van der Waals surface area contributed by atoms with E-state index < -0.39 is 0 Å². The molecule has 1 heterocycles. The predicted octanol–water partition coefficient (Wildman–Crippen LogP) is 2.84. The largest absolute Gasteiger partial charge is 0.330 e. The van der Waals surface area contributed by atoms with Crippen LogP contribution >= 0.6 is 34.9 Å². The quantitative estimate of drug-likeness (QED) is 0.929. The Hall–Kier alpha value is -0.620. The van der Waals surface area contributed by atoms with Gasteiger partial charge in [0.15, 0.2) is 4.34 Å². The third-order valence-corrected chi connectivity index (χ3v) is 4.04. The Labute approximate surface area is 107 Å². The average molecular weight is 272 g/mol. The number of nitrogens with zero attached hydrogens (tertiary/aromatic N) is 2. The highest BCUT2D eigenvalue weighted by molar-refractivity contribution is 8.01. The maximum absolute atomic E-state index is 6.15. The van der Waals surface area contributed by atoms with E-state index in [4.69, 9.17) is 17.3 Å². The zero-order valence-corrected chi connectivity index (χ0v) is 10.8. The lowest BCUT2D eigenvalue weighted by atomic mass is 10.1. The van der Waals surface area contributed by atoms with Crippen LogP contribution < -0.4 is 5.73 Å². The van der Waals surface area contributed by atoms with Crippen molar-refractivity contribution in [3.63, 3.8) is 0 Å². The summed E-state index contributed by atoms with van der Waals surface area (Å²) >= 11 is 9.09. The van der Waals surface area contributed by atoms with Gasteiger partial charge in [0.25, 0.3) is 0 Å². The van der Waals surface area contributed by atoms with Crippen LogP contribution in [0.5, 0.6) is 0 Å². The van der Waals surface area contributed by atoms with E-state index in [-0.39, 0.29) is 0 Å². The summed E-state index contributed by atoms with van der Waals surface area (Å²) in [4.78, 5) is 5.18. The Bertz CT molecular complexity index is 459. The SMILES string of the molecule is NCCc1ccc(Sc2ncns2)cc1Cl. The Morgan fingerprint density at radius 2 is 2.31 bits per heavy atom. The second-order valence-corrected chi connectivity index (χ2v) is 5.61. The van der Waals surface area contributed by atoms with E-state index in [1.807, 2.05) is 18.2 Å². The predicted molar refractivity (Wildman–Crippen MR) is 68.2 cm³/mol. The molecule has 0 fully saturated rings. The monoisotopic (exact) mass is 271 g/mol. The molecule has 6 heteroatoms. The Morgan fingerprint density at radius 1 is 1.44 bits per heavy atom. The Morgan fingerprint density at radius 3 is 2.94 bits per heavy atom. The minimum Gasteiger partial charge on any atom is -0.330 e. The first-order valence-electron chi connectivity index (χ1n) is 4.72. The normalized spacial score (nSPS) is 10.6. The second-order valence-electron chi connectivity index (χ2n) is 3.10. The van der Waals surface area contributed by atoms with Gasteiger partial charge in [0.05, 0.1) is 0 Å². The number of hydrogen-bond acceptors (Lipinski definition) is 5. The van der Waals surface area contributed by atoms with E-state index in [0.29, 0.717) is 6.54 Å². The molecule has 0 aliphatic rings. The summed E-state index contributed by atoms with van der Waals surface area (Å²) < 4.78 is 4.87. The third kappa shape index (κ3) is 2.95. The van der Waals surface area contributed by atoms with Crippen molar-refractivity contribution in [3.05, 3.63) is 35.1 Å². The standard InChI is InChI=1S/C10H10ClN3S2/c11-9-5-8(2-1-7(9)3-4-12)15-10-13-6-14-16-10/h1-2,5-6H,3-4,12H2. The Kier molecular flexibility index (Phi) is 4.17. The molecule has 0 aliphatic carbocycles. The maximum atomic E-state index is 6.15. The molecule has 0 saturated heterocycles. The molecular formula is C10H10ClN3S2. The topological polar surface area (TPSA) is 51.8 Å². The molecule has 0 saturated carbocycles. The van der Waals surface area contributed by atoms with Gasteiger partial charge >= 0.3 is 0 Å². The molecule has 16 heavy (non-hydrogen) atoms. The molecule has 0 spiro atoms. The van der Waals surface area contributed by atoms with Gasteiger partial charge in [0.2, 0.25) is 0 Å². The molecule has 3 nitrogen and oxygen atoms in total. The number of benzene rings is 1. The van der Waals surface area contributed by atoms with Crippen LogP contribution in [-0.4, -0.2) is 15.9 Å². The number of aromatic nitrogens is 2. The minimum absolute atomic E-state index is 0.614. The van der Waals surface area contributed by atoms with Crippen LogP contribution in [-0.2, 0) is 6.42 Å². The molecule has 0 aliphatic heterocycles. The summed E-state index contributed by atoms with van der Waals surface area (Å²) in [6, 6.07) is 5.99. The zero-order chi connectivity index (χ0) is 11.4. The second kappa shape index (κ2) is 5.63. The summed E-state index contributed by atoms with van der Waals surface area (Å²) in [7, 11) is 0. The van der Waals surface area contributed by atoms with E-state index in [2.05, 4.69) is 9.36 Å². The van der Waals surface area contributed by atoms with Gasteiger partial charge in [-0.3, -0.25) is 0 Å². The van der Waals surface area contributed by atoms with Crippen molar-refractivity contribution in [3.8, 4) is 0 Å². The van der Waals surface area contributed by atoms with Crippen LogP contribution in [0.2, 0.25) is 5.02 Å². The first-order chi connectivity index (χ1) is 7.79. The average Bonchev–Trinajstić information content (AvgIpc) is 2.75. The van der Waals surface area contributed by atoms with Gasteiger partial charge in [-0.2, -0.15) is 4.37 Å². The van der Waals surface area contributed by atoms with Gasteiger partial charge in [0.1, 0.15) is 6.33 Å². The molecule has 84 valence electrons. The van der Waals surface area contributed by atoms with E-state index in [9.17, 15) is 0 Å². The van der Waals surface area contributed by atoms with Gasteiger partial charge in [-0.1, -0.05) is 29.4 Å². The Balaban J connectivity index is 2.15. The number of hydrogen-bond donors (Lipinski definition) is 1. The van der Waals surface area contributed by atoms with Gasteiger partial charge in [-0.15, -0.1) is 0 Å². The first kappa shape index (κ1) is 11.9. The number of halogens is 1. The fraction of sp³-hybridized carbons (Fsp3) is 0.200. The number of nitrogens with two attached hydrogens (primary N) is 1. The molecule has 0 amide bonds. The highest BCUT2D eigenvalue weighted by Crippen LogP contribution is 2.31. The molecule has 0 bridgehead atoms. The summed E-state index contributed by atoms with van der Waals surface area (Å²) in [5.74, 6) is 0. The van der Waals surface area contributed by atoms with Crippen molar-refractivity contribution in [2.75, 3.05) is 6.54 Å². The van der Waals surface area contributed by atoms with E-state index >= 15 is 0 Å². The van der Waals surface area contributed by atoms with Crippen LogP contribution in [0.3, 0.4) is 0 Å². The lowest BCUT2D eigenvalue weighted by molar-refractivity contribution is 0.967. The van der Waals surface area contributed by atoms with Crippen molar-refractivity contribution < 1.29 is 0 Å². The van der Waals surface area contributed by atoms with Crippen LogP contribution in [0, 0.1) is 0 Å². The van der Waals surface area contributed by atoms with E-state index in [0.717, 1.165) is 26.2 Å². The van der Waals surface area contributed by atoms with Crippen LogP contribution in [0.1, 0.15) is 5.56 Å². The van der Waals surface area contributed by atoms with Gasteiger partial charge in [-0.05, 0) is 42.2 Å². The lowest BCUT2D eigenvalue weighted by Gasteiger charge is -2.04. The van der Waals surface area contributed by atoms with Crippen LogP contribution in [0.15, 0.2) is 33.8 Å². The van der Waals surface area contributed by atoms with Crippen molar-refractivity contribution in [1.82, 2.24) is 9.36 Å². The molecular weight excluding hydrogens is 262 g/mol. The van der Waals surface area contributed by atoms with E-state index in [1.165, 1.54) is 11.5 Å². The van der Waals surface area contributed by atoms with Crippen LogP contribution in [0.25, 0.3) is 0 Å². The summed E-state index contributed by atoms with van der Waals surface area (Å²) in [5, 5.41) is 0.764. The molecule has 0 atom stereocenters. The highest BCUT2D eigenvalue weighted by Gasteiger charge is 2.04. The number of rotatable bonds is 4. The molecule has 1 aromatic carbocycles. The molecule has 0 unspecified atom stereocenters. The van der Waals surface area contributed by atoms with Gasteiger partial charge < -0.3 is 5.73 Å².